The molecule has 0 fully saturated rings. The first-order valence-electron chi connectivity index (χ1n) is 5.68. The van der Waals surface area contributed by atoms with Crippen LogP contribution in [0.15, 0.2) is 43.0 Å². The Morgan fingerprint density at radius 1 is 1.31 bits per heavy atom. The summed E-state index contributed by atoms with van der Waals surface area (Å²) in [6.45, 7) is 6.21. The first-order chi connectivity index (χ1) is 7.69. The molecule has 0 saturated heterocycles. The molecule has 0 amide bonds. The van der Waals surface area contributed by atoms with E-state index in [1.165, 1.54) is 11.1 Å². The highest BCUT2D eigenvalue weighted by Crippen LogP contribution is 2.45. The van der Waals surface area contributed by atoms with Gasteiger partial charge >= 0.3 is 0 Å². The SMILES string of the molecule is C=CC1(C)CCC=C1c1ccc(OC)cc1. The number of benzene rings is 1. The molecular formula is C15H18O. The molecule has 1 aromatic carbocycles. The topological polar surface area (TPSA) is 9.23 Å². The summed E-state index contributed by atoms with van der Waals surface area (Å²) in [5, 5.41) is 0. The van der Waals surface area contributed by atoms with Crippen molar-refractivity contribution in [3.05, 3.63) is 48.6 Å². The maximum atomic E-state index is 5.17. The maximum Gasteiger partial charge on any atom is 0.118 e. The van der Waals surface area contributed by atoms with Crippen molar-refractivity contribution < 1.29 is 4.74 Å². The number of hydrogen-bond acceptors (Lipinski definition) is 1. The lowest BCUT2D eigenvalue weighted by Gasteiger charge is -2.24. The molecule has 16 heavy (non-hydrogen) atoms. The molecule has 0 aliphatic heterocycles. The molecule has 1 atom stereocenters. The average molecular weight is 214 g/mol. The van der Waals surface area contributed by atoms with E-state index in [2.05, 4.69) is 37.8 Å². The van der Waals surface area contributed by atoms with Crippen LogP contribution in [-0.4, -0.2) is 7.11 Å². The Balaban J connectivity index is 2.33. The van der Waals surface area contributed by atoms with Crippen molar-refractivity contribution in [3.63, 3.8) is 0 Å². The van der Waals surface area contributed by atoms with E-state index in [0.717, 1.165) is 18.6 Å². The monoisotopic (exact) mass is 214 g/mol. The molecule has 0 N–H and O–H groups in total. The molecule has 0 heterocycles. The van der Waals surface area contributed by atoms with Crippen molar-refractivity contribution in [2.45, 2.75) is 19.8 Å². The molecule has 2 rings (SSSR count). The second kappa shape index (κ2) is 4.17. The van der Waals surface area contributed by atoms with E-state index >= 15 is 0 Å². The summed E-state index contributed by atoms with van der Waals surface area (Å²) in [7, 11) is 1.69. The first-order valence-corrected chi connectivity index (χ1v) is 5.68. The first kappa shape index (κ1) is 11.0. The summed E-state index contributed by atoms with van der Waals surface area (Å²) in [6.07, 6.45) is 6.70. The summed E-state index contributed by atoms with van der Waals surface area (Å²) in [5.41, 5.74) is 2.81. The highest BCUT2D eigenvalue weighted by molar-refractivity contribution is 5.73. The second-order valence-corrected chi connectivity index (χ2v) is 4.51. The lowest BCUT2D eigenvalue weighted by atomic mass is 9.80. The van der Waals surface area contributed by atoms with E-state index < -0.39 is 0 Å². The van der Waals surface area contributed by atoms with Crippen molar-refractivity contribution in [3.8, 4) is 5.75 Å². The third-order valence-corrected chi connectivity index (χ3v) is 3.48. The number of methoxy groups -OCH3 is 1. The fourth-order valence-electron chi connectivity index (χ4n) is 2.31. The van der Waals surface area contributed by atoms with Gasteiger partial charge in [-0.3, -0.25) is 0 Å². The quantitative estimate of drug-likeness (QED) is 0.689. The fourth-order valence-corrected chi connectivity index (χ4v) is 2.31. The van der Waals surface area contributed by atoms with Crippen molar-refractivity contribution in [1.29, 1.82) is 0 Å². The van der Waals surface area contributed by atoms with Crippen LogP contribution in [0.3, 0.4) is 0 Å². The van der Waals surface area contributed by atoms with Crippen LogP contribution in [0.4, 0.5) is 0 Å². The largest absolute Gasteiger partial charge is 0.497 e. The van der Waals surface area contributed by atoms with Crippen molar-refractivity contribution in [2.24, 2.45) is 5.41 Å². The summed E-state index contributed by atoms with van der Waals surface area (Å²) in [6, 6.07) is 8.27. The van der Waals surface area contributed by atoms with Gasteiger partial charge in [0.25, 0.3) is 0 Å². The van der Waals surface area contributed by atoms with E-state index in [1.807, 2.05) is 12.1 Å². The number of rotatable bonds is 3. The van der Waals surface area contributed by atoms with Crippen molar-refractivity contribution in [1.82, 2.24) is 0 Å². The molecular weight excluding hydrogens is 196 g/mol. The van der Waals surface area contributed by atoms with Gasteiger partial charge in [0.15, 0.2) is 0 Å². The number of allylic oxidation sites excluding steroid dienone is 3. The highest BCUT2D eigenvalue weighted by Gasteiger charge is 2.29. The molecule has 1 aromatic rings. The van der Waals surface area contributed by atoms with E-state index in [4.69, 9.17) is 4.74 Å². The van der Waals surface area contributed by atoms with Gasteiger partial charge in [-0.1, -0.05) is 31.2 Å². The Morgan fingerprint density at radius 3 is 2.56 bits per heavy atom. The minimum Gasteiger partial charge on any atom is -0.497 e. The zero-order valence-corrected chi connectivity index (χ0v) is 9.99. The smallest absolute Gasteiger partial charge is 0.118 e. The summed E-state index contributed by atoms with van der Waals surface area (Å²) >= 11 is 0. The Bertz CT molecular complexity index is 414. The van der Waals surface area contributed by atoms with Gasteiger partial charge in [-0.2, -0.15) is 0 Å². The Kier molecular flexibility index (Phi) is 2.86. The lowest BCUT2D eigenvalue weighted by Crippen LogP contribution is -2.10. The van der Waals surface area contributed by atoms with E-state index in [-0.39, 0.29) is 5.41 Å². The Hall–Kier alpha value is -1.50. The van der Waals surface area contributed by atoms with Crippen LogP contribution in [0.25, 0.3) is 5.57 Å². The molecule has 1 nitrogen and oxygen atoms in total. The van der Waals surface area contributed by atoms with Gasteiger partial charge in [0.2, 0.25) is 0 Å². The second-order valence-electron chi connectivity index (χ2n) is 4.51. The van der Waals surface area contributed by atoms with Gasteiger partial charge < -0.3 is 4.74 Å². The van der Waals surface area contributed by atoms with Gasteiger partial charge in [0.05, 0.1) is 7.11 Å². The van der Waals surface area contributed by atoms with Gasteiger partial charge in [0, 0.05) is 5.41 Å². The van der Waals surface area contributed by atoms with E-state index in [9.17, 15) is 0 Å². The summed E-state index contributed by atoms with van der Waals surface area (Å²) < 4.78 is 5.17. The van der Waals surface area contributed by atoms with Crippen molar-refractivity contribution in [2.75, 3.05) is 7.11 Å². The summed E-state index contributed by atoms with van der Waals surface area (Å²) in [4.78, 5) is 0. The Labute approximate surface area is 97.4 Å². The van der Waals surface area contributed by atoms with Crippen LogP contribution in [0.2, 0.25) is 0 Å². The predicted molar refractivity (Wildman–Crippen MR) is 68.5 cm³/mol. The third kappa shape index (κ3) is 1.78. The van der Waals surface area contributed by atoms with E-state index in [1.54, 1.807) is 7.11 Å². The van der Waals surface area contributed by atoms with Crippen molar-refractivity contribution >= 4 is 5.57 Å². The number of hydrogen-bond donors (Lipinski definition) is 0. The van der Waals surface area contributed by atoms with Gasteiger partial charge in [0.1, 0.15) is 5.75 Å². The predicted octanol–water partition coefficient (Wildman–Crippen LogP) is 4.06. The van der Waals surface area contributed by atoms with Gasteiger partial charge in [-0.25, -0.2) is 0 Å². The molecule has 0 aromatic heterocycles. The zero-order chi connectivity index (χ0) is 11.6. The molecule has 0 bridgehead atoms. The average Bonchev–Trinajstić information content (AvgIpc) is 2.72. The minimum atomic E-state index is 0.134. The maximum absolute atomic E-state index is 5.17. The minimum absolute atomic E-state index is 0.134. The molecule has 1 aliphatic rings. The highest BCUT2D eigenvalue weighted by atomic mass is 16.5. The van der Waals surface area contributed by atoms with Crippen LogP contribution in [0.5, 0.6) is 5.75 Å². The van der Waals surface area contributed by atoms with Crippen LogP contribution >= 0.6 is 0 Å². The third-order valence-electron chi connectivity index (χ3n) is 3.48. The van der Waals surface area contributed by atoms with Gasteiger partial charge in [-0.05, 0) is 36.1 Å². The molecule has 0 radical (unpaired) electrons. The lowest BCUT2D eigenvalue weighted by molar-refractivity contribution is 0.414. The molecule has 1 unspecified atom stereocenters. The normalized spacial score (nSPS) is 24.0. The van der Waals surface area contributed by atoms with Crippen LogP contribution in [0.1, 0.15) is 25.3 Å². The molecule has 0 saturated carbocycles. The standard InChI is InChI=1S/C15H18O/c1-4-15(2)11-5-6-14(15)12-7-9-13(16-3)10-8-12/h4,6-10H,1,5,11H2,2-3H3. The summed E-state index contributed by atoms with van der Waals surface area (Å²) in [5.74, 6) is 0.905. The van der Waals surface area contributed by atoms with Crippen LogP contribution in [0, 0.1) is 5.41 Å². The van der Waals surface area contributed by atoms with Crippen LogP contribution < -0.4 is 4.74 Å². The molecule has 84 valence electrons. The molecule has 0 spiro atoms. The number of ether oxygens (including phenoxy) is 1. The zero-order valence-electron chi connectivity index (χ0n) is 9.99. The van der Waals surface area contributed by atoms with Gasteiger partial charge in [-0.15, -0.1) is 6.58 Å². The van der Waals surface area contributed by atoms with Crippen LogP contribution in [-0.2, 0) is 0 Å². The molecule has 1 heteroatoms. The fraction of sp³-hybridized carbons (Fsp3) is 0.333. The van der Waals surface area contributed by atoms with E-state index in [0.29, 0.717) is 0 Å². The molecule has 1 aliphatic carbocycles. The Morgan fingerprint density at radius 2 is 2.00 bits per heavy atom.